The highest BCUT2D eigenvalue weighted by Crippen LogP contribution is 2.30. The molecule has 1 aliphatic carbocycles. The number of hydrogen-bond donors (Lipinski definition) is 2. The number of hydrogen-bond acceptors (Lipinski definition) is 5. The topological polar surface area (TPSA) is 95.6 Å². The third-order valence-corrected chi connectivity index (χ3v) is 7.03. The summed E-state index contributed by atoms with van der Waals surface area (Å²) in [7, 11) is -2.46. The Labute approximate surface area is 168 Å². The Bertz CT molecular complexity index is 976. The molecule has 2 aromatic rings. The molecule has 0 radical (unpaired) electrons. The molecule has 0 saturated carbocycles. The molecule has 28 heavy (non-hydrogen) atoms. The van der Waals surface area contributed by atoms with Crippen LogP contribution in [0.2, 0.25) is 0 Å². The van der Waals surface area contributed by atoms with Crippen LogP contribution in [-0.4, -0.2) is 38.1 Å². The molecule has 0 bridgehead atoms. The molecule has 2 amide bonds. The van der Waals surface area contributed by atoms with Crippen molar-refractivity contribution < 1.29 is 18.0 Å². The van der Waals surface area contributed by atoms with Crippen molar-refractivity contribution in [1.82, 2.24) is 15.2 Å². The molecule has 3 rings (SSSR count). The largest absolute Gasteiger partial charge is 0.279 e. The number of hydrazine groups is 1. The van der Waals surface area contributed by atoms with E-state index in [1.54, 1.807) is 24.3 Å². The molecule has 148 valence electrons. The number of benzene rings is 1. The second kappa shape index (κ2) is 8.68. The standard InChI is InChI=1S/C19H21N3O4S2/c1-22(28(25,26)11-10-14-6-3-2-4-7-14)13-18(23)20-21-19(24)17-12-15-8-5-9-16(15)27-17/h2-4,6-7,10-12H,5,8-9,13H2,1H3,(H,20,23)(H,21,24)/b11-10+. The number of nitrogens with zero attached hydrogens (tertiary/aromatic N) is 1. The van der Waals surface area contributed by atoms with Crippen molar-refractivity contribution in [2.24, 2.45) is 0 Å². The van der Waals surface area contributed by atoms with Crippen LogP contribution in [0.5, 0.6) is 0 Å². The number of aryl methyl sites for hydroxylation is 2. The van der Waals surface area contributed by atoms with E-state index in [1.165, 1.54) is 34.9 Å². The summed E-state index contributed by atoms with van der Waals surface area (Å²) in [6.45, 7) is -0.414. The molecule has 9 heteroatoms. The van der Waals surface area contributed by atoms with Crippen molar-refractivity contribution in [2.45, 2.75) is 19.3 Å². The lowest BCUT2D eigenvalue weighted by atomic mass is 10.2. The molecule has 1 aliphatic rings. The van der Waals surface area contributed by atoms with Gasteiger partial charge >= 0.3 is 0 Å². The smallest absolute Gasteiger partial charge is 0.272 e. The number of carbonyl (C=O) groups is 2. The molecule has 0 unspecified atom stereocenters. The van der Waals surface area contributed by atoms with Crippen LogP contribution < -0.4 is 10.9 Å². The Morgan fingerprint density at radius 1 is 1.18 bits per heavy atom. The zero-order valence-corrected chi connectivity index (χ0v) is 17.0. The van der Waals surface area contributed by atoms with Gasteiger partial charge in [-0.25, -0.2) is 8.42 Å². The number of amides is 2. The molecule has 0 fully saturated rings. The van der Waals surface area contributed by atoms with E-state index < -0.39 is 28.4 Å². The molecule has 1 aromatic carbocycles. The molecular formula is C19H21N3O4S2. The number of nitrogens with one attached hydrogen (secondary N) is 2. The maximum Gasteiger partial charge on any atom is 0.279 e. The van der Waals surface area contributed by atoms with Gasteiger partial charge in [0, 0.05) is 17.3 Å². The molecule has 1 aromatic heterocycles. The van der Waals surface area contributed by atoms with E-state index in [9.17, 15) is 18.0 Å². The molecular weight excluding hydrogens is 398 g/mol. The van der Waals surface area contributed by atoms with Gasteiger partial charge in [-0.15, -0.1) is 11.3 Å². The van der Waals surface area contributed by atoms with Gasteiger partial charge < -0.3 is 0 Å². The van der Waals surface area contributed by atoms with Gasteiger partial charge in [0.05, 0.1) is 11.4 Å². The zero-order valence-electron chi connectivity index (χ0n) is 15.3. The van der Waals surface area contributed by atoms with E-state index in [2.05, 4.69) is 10.9 Å². The second-order valence-corrected chi connectivity index (χ2v) is 9.49. The van der Waals surface area contributed by atoms with Crippen LogP contribution in [-0.2, 0) is 27.7 Å². The van der Waals surface area contributed by atoms with E-state index in [0.717, 1.165) is 34.5 Å². The molecule has 0 aliphatic heterocycles. The third-order valence-electron chi connectivity index (χ3n) is 4.32. The van der Waals surface area contributed by atoms with E-state index in [1.807, 2.05) is 12.1 Å². The number of rotatable bonds is 6. The van der Waals surface area contributed by atoms with Crippen molar-refractivity contribution >= 4 is 39.3 Å². The SMILES string of the molecule is CN(CC(=O)NNC(=O)c1cc2c(s1)CCC2)S(=O)(=O)/C=C/c1ccccc1. The highest BCUT2D eigenvalue weighted by atomic mass is 32.2. The van der Waals surface area contributed by atoms with E-state index in [0.29, 0.717) is 4.88 Å². The minimum Gasteiger partial charge on any atom is -0.272 e. The first-order valence-corrected chi connectivity index (χ1v) is 11.1. The quantitative estimate of drug-likeness (QED) is 0.700. The lowest BCUT2D eigenvalue weighted by Gasteiger charge is -2.14. The summed E-state index contributed by atoms with van der Waals surface area (Å²) in [5.74, 6) is -1.03. The summed E-state index contributed by atoms with van der Waals surface area (Å²) in [6.07, 6.45) is 4.53. The first-order valence-electron chi connectivity index (χ1n) is 8.75. The maximum absolute atomic E-state index is 12.3. The van der Waals surface area contributed by atoms with Crippen molar-refractivity contribution in [3.05, 3.63) is 62.7 Å². The van der Waals surface area contributed by atoms with Gasteiger partial charge in [0.15, 0.2) is 0 Å². The van der Waals surface area contributed by atoms with Gasteiger partial charge in [-0.3, -0.25) is 20.4 Å². The fourth-order valence-electron chi connectivity index (χ4n) is 2.79. The predicted molar refractivity (Wildman–Crippen MR) is 109 cm³/mol. The van der Waals surface area contributed by atoms with Crippen molar-refractivity contribution in [3.63, 3.8) is 0 Å². The van der Waals surface area contributed by atoms with E-state index in [-0.39, 0.29) is 0 Å². The lowest BCUT2D eigenvalue weighted by molar-refractivity contribution is -0.121. The van der Waals surface area contributed by atoms with Crippen LogP contribution in [0.4, 0.5) is 0 Å². The Morgan fingerprint density at radius 2 is 1.93 bits per heavy atom. The minimum atomic E-state index is -3.76. The summed E-state index contributed by atoms with van der Waals surface area (Å²) >= 11 is 1.43. The Hall–Kier alpha value is -2.49. The predicted octanol–water partition coefficient (Wildman–Crippen LogP) is 1.93. The molecule has 1 heterocycles. The Kier molecular flexibility index (Phi) is 6.28. The summed E-state index contributed by atoms with van der Waals surface area (Å²) < 4.78 is 25.4. The number of fused-ring (bicyclic) bond motifs is 1. The van der Waals surface area contributed by atoms with Crippen molar-refractivity contribution in [1.29, 1.82) is 0 Å². The minimum absolute atomic E-state index is 0.401. The van der Waals surface area contributed by atoms with Crippen molar-refractivity contribution in [3.8, 4) is 0 Å². The van der Waals surface area contributed by atoms with Crippen LogP contribution in [0.1, 0.15) is 32.1 Å². The first kappa shape index (κ1) is 20.2. The third kappa shape index (κ3) is 5.06. The van der Waals surface area contributed by atoms with Gasteiger partial charge in [-0.2, -0.15) is 4.31 Å². The van der Waals surface area contributed by atoms with E-state index in [4.69, 9.17) is 0 Å². The monoisotopic (exact) mass is 419 g/mol. The van der Waals surface area contributed by atoms with Crippen molar-refractivity contribution in [2.75, 3.05) is 13.6 Å². The van der Waals surface area contributed by atoms with Gasteiger partial charge in [0.1, 0.15) is 0 Å². The summed E-state index contributed by atoms with van der Waals surface area (Å²) in [5, 5.41) is 1.04. The van der Waals surface area contributed by atoms with Crippen LogP contribution in [0.25, 0.3) is 6.08 Å². The highest BCUT2D eigenvalue weighted by molar-refractivity contribution is 7.92. The van der Waals surface area contributed by atoms with Gasteiger partial charge in [0.25, 0.3) is 11.8 Å². The second-order valence-electron chi connectivity index (χ2n) is 6.43. The van der Waals surface area contributed by atoms with E-state index >= 15 is 0 Å². The number of likely N-dealkylation sites (N-methyl/N-ethyl adjacent to an activating group) is 1. The van der Waals surface area contributed by atoms with Gasteiger partial charge in [-0.1, -0.05) is 30.3 Å². The molecule has 2 N–H and O–H groups in total. The van der Waals surface area contributed by atoms with Gasteiger partial charge in [-0.05, 0) is 42.5 Å². The fraction of sp³-hybridized carbons (Fsp3) is 0.263. The number of carbonyl (C=O) groups excluding carboxylic acids is 2. The van der Waals surface area contributed by atoms with Crippen LogP contribution in [0.15, 0.2) is 41.8 Å². The van der Waals surface area contributed by atoms with Crippen LogP contribution >= 0.6 is 11.3 Å². The Balaban J connectivity index is 1.50. The number of sulfonamides is 1. The highest BCUT2D eigenvalue weighted by Gasteiger charge is 2.20. The molecule has 0 spiro atoms. The van der Waals surface area contributed by atoms with Crippen LogP contribution in [0.3, 0.4) is 0 Å². The summed E-state index contributed by atoms with van der Waals surface area (Å²) in [4.78, 5) is 25.9. The summed E-state index contributed by atoms with van der Waals surface area (Å²) in [6, 6.07) is 10.8. The average molecular weight is 420 g/mol. The normalized spacial score (nSPS) is 13.6. The number of thiophene rings is 1. The van der Waals surface area contributed by atoms with Crippen LogP contribution in [0, 0.1) is 0 Å². The zero-order chi connectivity index (χ0) is 20.1. The molecule has 7 nitrogen and oxygen atoms in total. The average Bonchev–Trinajstić information content (AvgIpc) is 3.27. The Morgan fingerprint density at radius 3 is 2.64 bits per heavy atom. The molecule has 0 saturated heterocycles. The summed E-state index contributed by atoms with van der Waals surface area (Å²) in [5.41, 5.74) is 6.52. The fourth-order valence-corrected chi connectivity index (χ4v) is 4.78. The lowest BCUT2D eigenvalue weighted by Crippen LogP contribution is -2.46. The maximum atomic E-state index is 12.3. The molecule has 0 atom stereocenters. The first-order chi connectivity index (χ1) is 13.3. The van der Waals surface area contributed by atoms with Gasteiger partial charge in [0.2, 0.25) is 10.0 Å².